The Morgan fingerprint density at radius 3 is 2.67 bits per heavy atom. The van der Waals surface area contributed by atoms with Crippen molar-refractivity contribution in [1.29, 1.82) is 0 Å². The van der Waals surface area contributed by atoms with Gasteiger partial charge in [-0.05, 0) is 44.1 Å². The van der Waals surface area contributed by atoms with Gasteiger partial charge < -0.3 is 5.11 Å². The fourth-order valence-electron chi connectivity index (χ4n) is 3.56. The molecule has 1 aromatic heterocycles. The number of aliphatic hydroxyl groups is 1. The first-order valence-electron chi connectivity index (χ1n) is 7.55. The van der Waals surface area contributed by atoms with Crippen molar-refractivity contribution < 1.29 is 5.11 Å². The topological polar surface area (TPSA) is 38.0 Å². The average molecular weight is 248 g/mol. The van der Waals surface area contributed by atoms with Gasteiger partial charge >= 0.3 is 0 Å². The number of aromatic nitrogens is 2. The Bertz CT molecular complexity index is 382. The maximum absolute atomic E-state index is 9.87. The van der Waals surface area contributed by atoms with Crippen molar-refractivity contribution >= 4 is 0 Å². The smallest absolute Gasteiger partial charge is 0.0628 e. The van der Waals surface area contributed by atoms with Gasteiger partial charge in [0.15, 0.2) is 0 Å². The van der Waals surface area contributed by atoms with E-state index in [1.54, 1.807) is 0 Å². The summed E-state index contributed by atoms with van der Waals surface area (Å²) in [7, 11) is 0. The maximum atomic E-state index is 9.87. The van der Waals surface area contributed by atoms with Crippen molar-refractivity contribution in [3.8, 4) is 0 Å². The zero-order valence-corrected chi connectivity index (χ0v) is 11.1. The molecule has 0 aliphatic heterocycles. The van der Waals surface area contributed by atoms with Gasteiger partial charge in [-0.2, -0.15) is 5.10 Å². The van der Waals surface area contributed by atoms with Crippen LogP contribution in [0.4, 0.5) is 0 Å². The van der Waals surface area contributed by atoms with E-state index in [-0.39, 0.29) is 6.10 Å². The molecule has 0 saturated heterocycles. The quantitative estimate of drug-likeness (QED) is 0.892. The zero-order valence-electron chi connectivity index (χ0n) is 11.1. The molecule has 2 aliphatic rings. The fraction of sp³-hybridized carbons (Fsp3) is 0.800. The number of hydrogen-bond donors (Lipinski definition) is 1. The van der Waals surface area contributed by atoms with Gasteiger partial charge in [-0.3, -0.25) is 4.68 Å². The molecule has 3 rings (SSSR count). The Morgan fingerprint density at radius 1 is 1.11 bits per heavy atom. The highest BCUT2D eigenvalue weighted by molar-refractivity contribution is 5.03. The van der Waals surface area contributed by atoms with Crippen LogP contribution in [0, 0.1) is 5.92 Å². The molecule has 2 fully saturated rings. The van der Waals surface area contributed by atoms with Crippen LogP contribution < -0.4 is 0 Å². The van der Waals surface area contributed by atoms with Gasteiger partial charge in [-0.1, -0.05) is 25.7 Å². The van der Waals surface area contributed by atoms with Gasteiger partial charge in [-0.25, -0.2) is 0 Å². The average Bonchev–Trinajstić information content (AvgIpc) is 3.02. The lowest BCUT2D eigenvalue weighted by atomic mass is 9.96. The molecular weight excluding hydrogens is 224 g/mol. The second-order valence-electron chi connectivity index (χ2n) is 6.04. The van der Waals surface area contributed by atoms with Crippen LogP contribution in [0.3, 0.4) is 0 Å². The SMILES string of the molecule is OC1CCCC1Cc1ccn(C2CCCCC2)n1. The molecule has 2 saturated carbocycles. The summed E-state index contributed by atoms with van der Waals surface area (Å²) in [4.78, 5) is 0. The van der Waals surface area contributed by atoms with Gasteiger partial charge in [-0.15, -0.1) is 0 Å². The largest absolute Gasteiger partial charge is 0.393 e. The molecule has 0 bridgehead atoms. The molecule has 18 heavy (non-hydrogen) atoms. The van der Waals surface area contributed by atoms with Crippen LogP contribution in [0.15, 0.2) is 12.3 Å². The van der Waals surface area contributed by atoms with Gasteiger partial charge in [0, 0.05) is 6.20 Å². The summed E-state index contributed by atoms with van der Waals surface area (Å²) in [6, 6.07) is 2.78. The zero-order chi connectivity index (χ0) is 12.4. The van der Waals surface area contributed by atoms with Crippen LogP contribution in [0.5, 0.6) is 0 Å². The first kappa shape index (κ1) is 12.2. The lowest BCUT2D eigenvalue weighted by Gasteiger charge is -2.22. The van der Waals surface area contributed by atoms with Crippen molar-refractivity contribution in [1.82, 2.24) is 9.78 Å². The molecule has 3 heteroatoms. The summed E-state index contributed by atoms with van der Waals surface area (Å²) in [6.07, 6.45) is 13.0. The van der Waals surface area contributed by atoms with E-state index in [0.717, 1.165) is 19.3 Å². The molecule has 2 unspecified atom stereocenters. The number of aliphatic hydroxyl groups excluding tert-OH is 1. The van der Waals surface area contributed by atoms with Crippen molar-refractivity contribution in [2.24, 2.45) is 5.92 Å². The third-order valence-electron chi connectivity index (χ3n) is 4.70. The standard InChI is InChI=1S/C15H24N2O/c18-15-8-4-5-12(15)11-13-9-10-17(16-13)14-6-2-1-3-7-14/h9-10,12,14-15,18H,1-8,11H2. The second kappa shape index (κ2) is 5.43. The molecule has 1 N–H and O–H groups in total. The molecule has 2 atom stereocenters. The highest BCUT2D eigenvalue weighted by Crippen LogP contribution is 2.30. The summed E-state index contributed by atoms with van der Waals surface area (Å²) in [5.41, 5.74) is 1.17. The van der Waals surface area contributed by atoms with Crippen LogP contribution in [0.2, 0.25) is 0 Å². The normalized spacial score (nSPS) is 29.8. The van der Waals surface area contributed by atoms with Gasteiger partial charge in [0.05, 0.1) is 17.8 Å². The van der Waals surface area contributed by atoms with Crippen LogP contribution in [0.1, 0.15) is 63.1 Å². The van der Waals surface area contributed by atoms with Crippen LogP contribution in [-0.2, 0) is 6.42 Å². The minimum Gasteiger partial charge on any atom is -0.393 e. The van der Waals surface area contributed by atoms with Crippen molar-refractivity contribution in [3.63, 3.8) is 0 Å². The Labute approximate surface area is 109 Å². The maximum Gasteiger partial charge on any atom is 0.0628 e. The number of rotatable bonds is 3. The molecule has 3 nitrogen and oxygen atoms in total. The van der Waals surface area contributed by atoms with E-state index in [2.05, 4.69) is 16.9 Å². The van der Waals surface area contributed by atoms with Gasteiger partial charge in [0.1, 0.15) is 0 Å². The Balaban J connectivity index is 1.62. The predicted octanol–water partition coefficient (Wildman–Crippen LogP) is 3.09. The van der Waals surface area contributed by atoms with E-state index in [1.807, 2.05) is 0 Å². The summed E-state index contributed by atoms with van der Waals surface area (Å²) in [6.45, 7) is 0. The van der Waals surface area contributed by atoms with Crippen molar-refractivity contribution in [2.75, 3.05) is 0 Å². The van der Waals surface area contributed by atoms with Crippen LogP contribution in [0.25, 0.3) is 0 Å². The van der Waals surface area contributed by atoms with Gasteiger partial charge in [0.2, 0.25) is 0 Å². The molecule has 2 aliphatic carbocycles. The first-order valence-corrected chi connectivity index (χ1v) is 7.55. The Hall–Kier alpha value is -0.830. The summed E-state index contributed by atoms with van der Waals surface area (Å²) < 4.78 is 2.18. The highest BCUT2D eigenvalue weighted by Gasteiger charge is 2.26. The van der Waals surface area contributed by atoms with E-state index >= 15 is 0 Å². The molecule has 0 aromatic carbocycles. The van der Waals surface area contributed by atoms with Crippen molar-refractivity contribution in [3.05, 3.63) is 18.0 Å². The summed E-state index contributed by atoms with van der Waals surface area (Å²) in [5.74, 6) is 0.444. The third kappa shape index (κ3) is 2.61. The van der Waals surface area contributed by atoms with Crippen molar-refractivity contribution in [2.45, 2.75) is 69.9 Å². The third-order valence-corrected chi connectivity index (χ3v) is 4.70. The highest BCUT2D eigenvalue weighted by atomic mass is 16.3. The molecule has 100 valence electrons. The van der Waals surface area contributed by atoms with E-state index in [9.17, 15) is 5.11 Å². The lowest BCUT2D eigenvalue weighted by Crippen LogP contribution is -2.17. The van der Waals surface area contributed by atoms with E-state index in [1.165, 1.54) is 44.2 Å². The summed E-state index contributed by atoms with van der Waals surface area (Å²) in [5, 5.41) is 14.6. The van der Waals surface area contributed by atoms with Gasteiger partial charge in [0.25, 0.3) is 0 Å². The monoisotopic (exact) mass is 248 g/mol. The summed E-state index contributed by atoms with van der Waals surface area (Å²) >= 11 is 0. The first-order chi connectivity index (χ1) is 8.83. The Morgan fingerprint density at radius 2 is 1.94 bits per heavy atom. The molecular formula is C15H24N2O. The molecule has 0 spiro atoms. The molecule has 1 heterocycles. The van der Waals surface area contributed by atoms with E-state index in [0.29, 0.717) is 12.0 Å². The number of hydrogen-bond acceptors (Lipinski definition) is 2. The van der Waals surface area contributed by atoms with E-state index < -0.39 is 0 Å². The molecule has 0 amide bonds. The minimum atomic E-state index is -0.0927. The second-order valence-corrected chi connectivity index (χ2v) is 6.04. The fourth-order valence-corrected chi connectivity index (χ4v) is 3.56. The predicted molar refractivity (Wildman–Crippen MR) is 71.4 cm³/mol. The molecule has 0 radical (unpaired) electrons. The molecule has 1 aromatic rings. The Kier molecular flexibility index (Phi) is 3.69. The number of nitrogens with zero attached hydrogens (tertiary/aromatic N) is 2. The van der Waals surface area contributed by atoms with Crippen LogP contribution >= 0.6 is 0 Å². The van der Waals surface area contributed by atoms with Crippen LogP contribution in [-0.4, -0.2) is 21.0 Å². The lowest BCUT2D eigenvalue weighted by molar-refractivity contribution is 0.132. The minimum absolute atomic E-state index is 0.0927. The van der Waals surface area contributed by atoms with E-state index in [4.69, 9.17) is 5.10 Å².